The van der Waals surface area contributed by atoms with Gasteiger partial charge in [-0.1, -0.05) is 48.9 Å². The molecule has 1 N–H and O–H groups in total. The lowest BCUT2D eigenvalue weighted by atomic mass is 9.93. The molecule has 3 aromatic rings. The molecule has 1 heterocycles. The second-order valence-corrected chi connectivity index (χ2v) is 12.3. The van der Waals surface area contributed by atoms with E-state index in [1.165, 1.54) is 23.9 Å². The maximum absolute atomic E-state index is 13.9. The Labute approximate surface area is 243 Å². The van der Waals surface area contributed by atoms with Gasteiger partial charge in [0.05, 0.1) is 12.2 Å². The van der Waals surface area contributed by atoms with E-state index in [2.05, 4.69) is 5.32 Å². The van der Waals surface area contributed by atoms with E-state index >= 15 is 0 Å². The average molecular weight is 583 g/mol. The Bertz CT molecular complexity index is 1390. The van der Waals surface area contributed by atoms with Crippen molar-refractivity contribution in [1.82, 2.24) is 5.32 Å². The predicted molar refractivity (Wildman–Crippen MR) is 157 cm³/mol. The van der Waals surface area contributed by atoms with Gasteiger partial charge in [0.1, 0.15) is 17.5 Å². The summed E-state index contributed by atoms with van der Waals surface area (Å²) in [6.45, 7) is 7.42. The van der Waals surface area contributed by atoms with Gasteiger partial charge in [-0.3, -0.25) is 9.59 Å². The van der Waals surface area contributed by atoms with E-state index in [1.807, 2.05) is 25.1 Å². The minimum atomic E-state index is -0.836. The molecule has 210 valence electrons. The Morgan fingerprint density at radius 2 is 1.77 bits per heavy atom. The quantitative estimate of drug-likeness (QED) is 0.294. The third-order valence-corrected chi connectivity index (χ3v) is 7.83. The van der Waals surface area contributed by atoms with E-state index in [-0.39, 0.29) is 36.4 Å². The summed E-state index contributed by atoms with van der Waals surface area (Å²) < 4.78 is 18.7. The largest absolute Gasteiger partial charge is 0.444 e. The van der Waals surface area contributed by atoms with Crippen LogP contribution in [0.3, 0.4) is 0 Å². The van der Waals surface area contributed by atoms with Crippen molar-refractivity contribution in [2.24, 2.45) is 0 Å². The molecule has 6 nitrogen and oxygen atoms in total. The van der Waals surface area contributed by atoms with E-state index < -0.39 is 17.7 Å². The molecule has 0 bridgehead atoms. The van der Waals surface area contributed by atoms with Gasteiger partial charge < -0.3 is 15.0 Å². The van der Waals surface area contributed by atoms with Gasteiger partial charge in [0, 0.05) is 27.7 Å². The highest BCUT2D eigenvalue weighted by Gasteiger charge is 2.33. The first-order chi connectivity index (χ1) is 18.9. The molecule has 0 aliphatic carbocycles. The van der Waals surface area contributed by atoms with Gasteiger partial charge in [-0.15, -0.1) is 11.8 Å². The van der Waals surface area contributed by atoms with Crippen molar-refractivity contribution < 1.29 is 23.5 Å². The second kappa shape index (κ2) is 12.4. The van der Waals surface area contributed by atoms with Crippen LogP contribution in [-0.2, 0) is 16.1 Å². The van der Waals surface area contributed by atoms with Crippen LogP contribution in [0.2, 0.25) is 5.02 Å². The maximum Gasteiger partial charge on any atom is 0.408 e. The van der Waals surface area contributed by atoms with Gasteiger partial charge in [0.25, 0.3) is 5.91 Å². The zero-order valence-electron chi connectivity index (χ0n) is 22.9. The van der Waals surface area contributed by atoms with E-state index in [1.54, 1.807) is 62.1 Å². The predicted octanol–water partition coefficient (Wildman–Crippen LogP) is 7.39. The molecule has 0 saturated heterocycles. The number of ketones is 1. The van der Waals surface area contributed by atoms with Gasteiger partial charge in [-0.2, -0.15) is 0 Å². The summed E-state index contributed by atoms with van der Waals surface area (Å²) in [6.07, 6.45) is -0.444. The summed E-state index contributed by atoms with van der Waals surface area (Å²) in [5, 5.41) is 3.30. The minimum absolute atomic E-state index is 0.0869. The highest BCUT2D eigenvalue weighted by atomic mass is 35.5. The summed E-state index contributed by atoms with van der Waals surface area (Å²) in [6, 6.07) is 17.8. The lowest BCUT2D eigenvalue weighted by Crippen LogP contribution is -2.50. The van der Waals surface area contributed by atoms with Gasteiger partial charge in [-0.25, -0.2) is 9.18 Å². The number of nitrogens with zero attached hydrogens (tertiary/aromatic N) is 1. The first kappa shape index (κ1) is 29.6. The van der Waals surface area contributed by atoms with E-state index in [0.29, 0.717) is 22.0 Å². The van der Waals surface area contributed by atoms with Crippen molar-refractivity contribution in [3.05, 3.63) is 94.3 Å². The molecule has 2 amide bonds. The molecule has 0 saturated carbocycles. The number of anilines is 1. The first-order valence-corrected chi connectivity index (χ1v) is 14.4. The number of Topliss-reactive ketones (excluding diaryl/α,β-unsaturated/α-hetero) is 1. The first-order valence-electron chi connectivity index (χ1n) is 13.0. The third-order valence-electron chi connectivity index (χ3n) is 6.42. The number of benzene rings is 3. The highest BCUT2D eigenvalue weighted by Crippen LogP contribution is 2.37. The fourth-order valence-corrected chi connectivity index (χ4v) is 5.55. The van der Waals surface area contributed by atoms with E-state index in [0.717, 1.165) is 16.0 Å². The molecule has 3 aromatic carbocycles. The molecule has 0 radical (unpaired) electrons. The van der Waals surface area contributed by atoms with Crippen molar-refractivity contribution in [3.63, 3.8) is 0 Å². The number of thioether (sulfide) groups is 1. The van der Waals surface area contributed by atoms with Crippen molar-refractivity contribution >= 4 is 46.8 Å². The van der Waals surface area contributed by atoms with E-state index in [4.69, 9.17) is 16.3 Å². The number of carbonyl (C=O) groups excluding carboxylic acids is 3. The SMILES string of the molecule is C[C@H](CC(=O)c1ccc2c(c1)N(Cc1ccc(Cl)cc1)C(=O)[C@@H](NC(=O)OC(C)(C)C)CS2)c1ccc(F)cc1. The summed E-state index contributed by atoms with van der Waals surface area (Å²) in [7, 11) is 0. The van der Waals surface area contributed by atoms with Gasteiger partial charge in [0.15, 0.2) is 5.78 Å². The van der Waals surface area contributed by atoms with Crippen LogP contribution in [-0.4, -0.2) is 35.2 Å². The minimum Gasteiger partial charge on any atom is -0.444 e. The Morgan fingerprint density at radius 1 is 1.10 bits per heavy atom. The normalized spacial score (nSPS) is 16.1. The molecule has 0 unspecified atom stereocenters. The smallest absolute Gasteiger partial charge is 0.408 e. The molecule has 0 fully saturated rings. The van der Waals surface area contributed by atoms with Crippen molar-refractivity contribution in [2.45, 2.75) is 63.1 Å². The Kier molecular flexibility index (Phi) is 9.21. The fourth-order valence-electron chi connectivity index (χ4n) is 4.37. The number of hydrogen-bond donors (Lipinski definition) is 1. The monoisotopic (exact) mass is 582 g/mol. The topological polar surface area (TPSA) is 75.7 Å². The van der Waals surface area contributed by atoms with Gasteiger partial charge in [-0.05, 0) is 74.2 Å². The highest BCUT2D eigenvalue weighted by molar-refractivity contribution is 7.99. The van der Waals surface area contributed by atoms with Crippen LogP contribution in [0.25, 0.3) is 0 Å². The van der Waals surface area contributed by atoms with Crippen LogP contribution >= 0.6 is 23.4 Å². The number of alkyl carbamates (subject to hydrolysis) is 1. The number of halogens is 2. The van der Waals surface area contributed by atoms with Crippen LogP contribution < -0.4 is 10.2 Å². The maximum atomic E-state index is 13.9. The molecule has 40 heavy (non-hydrogen) atoms. The standard InChI is InChI=1S/C31H32ClFN2O4S/c1-19(21-7-12-24(33)13-8-21)15-27(36)22-9-14-28-26(16-22)35(17-20-5-10-23(32)11-6-20)29(37)25(18-40-28)34-30(38)39-31(2,3)4/h5-14,16,19,25H,15,17-18H2,1-4H3,(H,34,38)/t19-,25+/m1/s1. The van der Waals surface area contributed by atoms with Crippen LogP contribution in [0.4, 0.5) is 14.9 Å². The second-order valence-electron chi connectivity index (χ2n) is 10.8. The third kappa shape index (κ3) is 7.64. The molecular weight excluding hydrogens is 551 g/mol. The number of nitrogens with one attached hydrogen (secondary N) is 1. The van der Waals surface area contributed by atoms with Crippen molar-refractivity contribution in [3.8, 4) is 0 Å². The molecule has 4 rings (SSSR count). The van der Waals surface area contributed by atoms with Crippen LogP contribution in [0.5, 0.6) is 0 Å². The Balaban J connectivity index is 1.62. The number of amides is 2. The number of hydrogen-bond acceptors (Lipinski definition) is 5. The summed E-state index contributed by atoms with van der Waals surface area (Å²) in [5.74, 6) is -0.532. The summed E-state index contributed by atoms with van der Waals surface area (Å²) in [5.41, 5.74) is 2.07. The summed E-state index contributed by atoms with van der Waals surface area (Å²) in [4.78, 5) is 42.1. The average Bonchev–Trinajstić information content (AvgIpc) is 3.01. The Hall–Kier alpha value is -3.36. The molecule has 1 aliphatic rings. The number of rotatable bonds is 7. The lowest BCUT2D eigenvalue weighted by molar-refractivity contribution is -0.120. The molecule has 2 atom stereocenters. The molecular formula is C31H32ClFN2O4S. The van der Waals surface area contributed by atoms with Crippen LogP contribution in [0.1, 0.15) is 61.5 Å². The fraction of sp³-hybridized carbons (Fsp3) is 0.323. The lowest BCUT2D eigenvalue weighted by Gasteiger charge is -2.27. The number of fused-ring (bicyclic) bond motifs is 1. The zero-order valence-corrected chi connectivity index (χ0v) is 24.4. The zero-order chi connectivity index (χ0) is 29.0. The van der Waals surface area contributed by atoms with Crippen LogP contribution in [0.15, 0.2) is 71.6 Å². The van der Waals surface area contributed by atoms with Crippen molar-refractivity contribution in [2.75, 3.05) is 10.7 Å². The van der Waals surface area contributed by atoms with Crippen molar-refractivity contribution in [1.29, 1.82) is 0 Å². The van der Waals surface area contributed by atoms with Gasteiger partial charge in [0.2, 0.25) is 0 Å². The van der Waals surface area contributed by atoms with Gasteiger partial charge >= 0.3 is 6.09 Å². The Morgan fingerprint density at radius 3 is 2.42 bits per heavy atom. The number of ether oxygens (including phenoxy) is 1. The van der Waals surface area contributed by atoms with E-state index in [9.17, 15) is 18.8 Å². The summed E-state index contributed by atoms with van der Waals surface area (Å²) >= 11 is 7.50. The number of carbonyl (C=O) groups is 3. The molecule has 0 aromatic heterocycles. The molecule has 9 heteroatoms. The van der Waals surface area contributed by atoms with Crippen LogP contribution in [0, 0.1) is 5.82 Å². The molecule has 0 spiro atoms. The molecule has 1 aliphatic heterocycles.